The van der Waals surface area contributed by atoms with E-state index in [4.69, 9.17) is 9.57 Å². The van der Waals surface area contributed by atoms with E-state index in [0.29, 0.717) is 6.61 Å². The van der Waals surface area contributed by atoms with Gasteiger partial charge < -0.3 is 9.57 Å². The minimum Gasteiger partial charge on any atom is -0.363 e. The third kappa shape index (κ3) is 1.84. The molecule has 0 radical (unpaired) electrons. The highest BCUT2D eigenvalue weighted by Crippen LogP contribution is 2.31. The average Bonchev–Trinajstić information content (AvgIpc) is 2.82. The van der Waals surface area contributed by atoms with Crippen molar-refractivity contribution in [1.29, 1.82) is 0 Å². The number of hydrogen-bond donors (Lipinski definition) is 0. The van der Waals surface area contributed by atoms with Gasteiger partial charge >= 0.3 is 0 Å². The highest BCUT2D eigenvalue weighted by atomic mass is 16.8. The lowest BCUT2D eigenvalue weighted by atomic mass is 9.91. The molecule has 2 unspecified atom stereocenters. The maximum atomic E-state index is 10.6. The Kier molecular flexibility index (Phi) is 2.71. The molecule has 3 rings (SSSR count). The van der Waals surface area contributed by atoms with Gasteiger partial charge in [-0.3, -0.25) is 10.1 Å². The van der Waals surface area contributed by atoms with Crippen LogP contribution in [0.15, 0.2) is 29.4 Å². The maximum Gasteiger partial charge on any atom is 0.269 e. The molecule has 18 heavy (non-hydrogen) atoms. The van der Waals surface area contributed by atoms with Crippen LogP contribution in [0.2, 0.25) is 0 Å². The molecule has 0 bridgehead atoms. The summed E-state index contributed by atoms with van der Waals surface area (Å²) in [4.78, 5) is 15.4. The number of non-ortho nitro benzene ring substituents is 1. The molecule has 0 saturated carbocycles. The van der Waals surface area contributed by atoms with Crippen molar-refractivity contribution in [3.05, 3.63) is 39.9 Å². The molecule has 0 amide bonds. The molecular weight excluding hydrogens is 236 g/mol. The Morgan fingerprint density at radius 2 is 2.11 bits per heavy atom. The fraction of sp³-hybridized carbons (Fsp3) is 0.417. The molecule has 2 aliphatic rings. The fourth-order valence-corrected chi connectivity index (χ4v) is 2.32. The molecule has 2 heterocycles. The van der Waals surface area contributed by atoms with Crippen LogP contribution >= 0.6 is 0 Å². The van der Waals surface area contributed by atoms with E-state index < -0.39 is 4.92 Å². The minimum atomic E-state index is -0.413. The topological polar surface area (TPSA) is 74.0 Å². The quantitative estimate of drug-likeness (QED) is 0.593. The van der Waals surface area contributed by atoms with Gasteiger partial charge in [-0.1, -0.05) is 5.16 Å². The molecule has 6 nitrogen and oxygen atoms in total. The van der Waals surface area contributed by atoms with E-state index in [1.807, 2.05) is 0 Å². The van der Waals surface area contributed by atoms with E-state index in [0.717, 1.165) is 24.1 Å². The zero-order valence-electron chi connectivity index (χ0n) is 9.61. The van der Waals surface area contributed by atoms with Crippen molar-refractivity contribution >= 4 is 11.4 Å². The smallest absolute Gasteiger partial charge is 0.269 e. The van der Waals surface area contributed by atoms with E-state index in [-0.39, 0.29) is 17.9 Å². The van der Waals surface area contributed by atoms with Crippen molar-refractivity contribution in [2.75, 3.05) is 6.61 Å². The van der Waals surface area contributed by atoms with Crippen molar-refractivity contribution in [2.45, 2.75) is 19.1 Å². The summed E-state index contributed by atoms with van der Waals surface area (Å²) in [6.45, 7) is 0.699. The number of nitro groups is 1. The SMILES string of the molecule is O=[N+]([O-])c1ccc(C2=NOC3OCCCC23)cc1. The summed E-state index contributed by atoms with van der Waals surface area (Å²) in [5.74, 6) is 0.139. The van der Waals surface area contributed by atoms with Gasteiger partial charge in [0.1, 0.15) is 0 Å². The van der Waals surface area contributed by atoms with Crippen LogP contribution in [-0.4, -0.2) is 23.5 Å². The monoisotopic (exact) mass is 248 g/mol. The summed E-state index contributed by atoms with van der Waals surface area (Å²) in [7, 11) is 0. The average molecular weight is 248 g/mol. The van der Waals surface area contributed by atoms with Crippen LogP contribution in [0.3, 0.4) is 0 Å². The van der Waals surface area contributed by atoms with Crippen molar-refractivity contribution in [3.8, 4) is 0 Å². The molecule has 0 spiro atoms. The second-order valence-corrected chi connectivity index (χ2v) is 4.37. The Balaban J connectivity index is 1.84. The highest BCUT2D eigenvalue weighted by Gasteiger charge is 2.37. The number of oxime groups is 1. The lowest BCUT2D eigenvalue weighted by molar-refractivity contribution is -0.384. The highest BCUT2D eigenvalue weighted by molar-refractivity contribution is 6.03. The Labute approximate surface area is 103 Å². The first-order chi connectivity index (χ1) is 8.75. The van der Waals surface area contributed by atoms with Crippen LogP contribution < -0.4 is 0 Å². The zero-order valence-corrected chi connectivity index (χ0v) is 9.61. The van der Waals surface area contributed by atoms with Gasteiger partial charge in [0.2, 0.25) is 6.29 Å². The third-order valence-electron chi connectivity index (χ3n) is 3.25. The summed E-state index contributed by atoms with van der Waals surface area (Å²) >= 11 is 0. The zero-order chi connectivity index (χ0) is 12.5. The Hall–Kier alpha value is -1.95. The van der Waals surface area contributed by atoms with Crippen LogP contribution in [-0.2, 0) is 9.57 Å². The van der Waals surface area contributed by atoms with Gasteiger partial charge in [0.25, 0.3) is 5.69 Å². The first-order valence-corrected chi connectivity index (χ1v) is 5.86. The van der Waals surface area contributed by atoms with Crippen LogP contribution in [0.5, 0.6) is 0 Å². The summed E-state index contributed by atoms with van der Waals surface area (Å²) in [6.07, 6.45) is 1.67. The van der Waals surface area contributed by atoms with Crippen LogP contribution in [0.4, 0.5) is 5.69 Å². The predicted molar refractivity (Wildman–Crippen MR) is 63.2 cm³/mol. The standard InChI is InChI=1S/C12H12N2O4/c15-14(16)9-5-3-8(4-6-9)11-10-2-1-7-17-12(10)18-13-11/h3-6,10,12H,1-2,7H2. The molecule has 1 aromatic carbocycles. The molecule has 1 aromatic rings. The number of rotatable bonds is 2. The lowest BCUT2D eigenvalue weighted by Crippen LogP contribution is -2.31. The van der Waals surface area contributed by atoms with E-state index in [1.54, 1.807) is 12.1 Å². The molecule has 6 heteroatoms. The second kappa shape index (κ2) is 4.38. The van der Waals surface area contributed by atoms with Crippen molar-refractivity contribution in [3.63, 3.8) is 0 Å². The fourth-order valence-electron chi connectivity index (χ4n) is 2.32. The van der Waals surface area contributed by atoms with Crippen LogP contribution in [0.1, 0.15) is 18.4 Å². The van der Waals surface area contributed by atoms with Crippen molar-refractivity contribution < 1.29 is 14.5 Å². The molecule has 0 aliphatic carbocycles. The largest absolute Gasteiger partial charge is 0.363 e. The molecule has 0 aromatic heterocycles. The van der Waals surface area contributed by atoms with Crippen molar-refractivity contribution in [2.24, 2.45) is 11.1 Å². The minimum absolute atomic E-state index is 0.0784. The Bertz CT molecular complexity index is 497. The molecule has 94 valence electrons. The van der Waals surface area contributed by atoms with Crippen molar-refractivity contribution in [1.82, 2.24) is 0 Å². The van der Waals surface area contributed by atoms with E-state index in [1.165, 1.54) is 12.1 Å². The number of benzene rings is 1. The number of ether oxygens (including phenoxy) is 1. The number of nitrogens with zero attached hydrogens (tertiary/aromatic N) is 2. The van der Waals surface area contributed by atoms with Crippen LogP contribution in [0.25, 0.3) is 0 Å². The van der Waals surface area contributed by atoms with Gasteiger partial charge in [-0.2, -0.15) is 0 Å². The normalized spacial score (nSPS) is 26.1. The number of nitro benzene ring substituents is 1. The number of hydrogen-bond acceptors (Lipinski definition) is 5. The van der Waals surface area contributed by atoms with Gasteiger partial charge in [-0.15, -0.1) is 0 Å². The third-order valence-corrected chi connectivity index (χ3v) is 3.25. The van der Waals surface area contributed by atoms with Gasteiger partial charge in [0.05, 0.1) is 23.2 Å². The van der Waals surface area contributed by atoms with Crippen LogP contribution in [0, 0.1) is 16.0 Å². The number of fused-ring (bicyclic) bond motifs is 1. The second-order valence-electron chi connectivity index (χ2n) is 4.37. The van der Waals surface area contributed by atoms with E-state index in [2.05, 4.69) is 5.16 Å². The molecule has 1 saturated heterocycles. The van der Waals surface area contributed by atoms with Gasteiger partial charge in [0.15, 0.2) is 0 Å². The van der Waals surface area contributed by atoms with Gasteiger partial charge in [-0.05, 0) is 25.0 Å². The molecule has 2 atom stereocenters. The summed E-state index contributed by atoms with van der Waals surface area (Å²) in [5, 5.41) is 14.6. The maximum absolute atomic E-state index is 10.6. The molecule has 2 aliphatic heterocycles. The lowest BCUT2D eigenvalue weighted by Gasteiger charge is -2.23. The van der Waals surface area contributed by atoms with Gasteiger partial charge in [0, 0.05) is 17.7 Å². The molecule has 0 N–H and O–H groups in total. The van der Waals surface area contributed by atoms with Gasteiger partial charge in [-0.25, -0.2) is 0 Å². The Morgan fingerprint density at radius 3 is 2.83 bits per heavy atom. The molecule has 1 fully saturated rings. The van der Waals surface area contributed by atoms with E-state index in [9.17, 15) is 10.1 Å². The van der Waals surface area contributed by atoms with E-state index >= 15 is 0 Å². The summed E-state index contributed by atoms with van der Waals surface area (Å²) < 4.78 is 5.47. The summed E-state index contributed by atoms with van der Waals surface area (Å²) in [5.41, 5.74) is 1.77. The first-order valence-electron chi connectivity index (χ1n) is 5.86. The summed E-state index contributed by atoms with van der Waals surface area (Å²) in [6, 6.07) is 6.37. The molecular formula is C12H12N2O4. The predicted octanol–water partition coefficient (Wildman–Crippen LogP) is 2.08. The first kappa shape index (κ1) is 11.2. The Morgan fingerprint density at radius 1 is 1.33 bits per heavy atom.